The van der Waals surface area contributed by atoms with E-state index in [1.165, 1.54) is 12.1 Å². The van der Waals surface area contributed by atoms with Gasteiger partial charge in [-0.15, -0.1) is 0 Å². The van der Waals surface area contributed by atoms with Gasteiger partial charge in [0.15, 0.2) is 0 Å². The summed E-state index contributed by atoms with van der Waals surface area (Å²) in [5, 5.41) is 0. The second kappa shape index (κ2) is 19.4. The standard InChI is InChI=1S/C58H47N3O7S2/c1-65-48-29-19-43(20-30-48)59(44-21-31-49(66-2)32-22-44)41-15-11-39(12-16-41)53-7-5-9-55-57(53)61(47-27-37-52(38-28-47)70(62,63)64)58-54(8-6-10-56(58)69-55)40-13-17-42(18-14-40)60(45-23-33-50(67-3)34-24-45)46-25-35-51(68-4)36-26-46/h5-38H,1-4H3,(H,62,63,64). The summed E-state index contributed by atoms with van der Waals surface area (Å²) in [5.74, 6) is 3.06. The molecule has 70 heavy (non-hydrogen) atoms. The van der Waals surface area contributed by atoms with Gasteiger partial charge >= 0.3 is 0 Å². The number of ether oxygens (including phenoxy) is 4. The van der Waals surface area contributed by atoms with Crippen LogP contribution in [-0.4, -0.2) is 41.4 Å². The summed E-state index contributed by atoms with van der Waals surface area (Å²) in [6, 6.07) is 67.9. The van der Waals surface area contributed by atoms with Crippen LogP contribution in [0.5, 0.6) is 23.0 Å². The fourth-order valence-corrected chi connectivity index (χ4v) is 10.4. The van der Waals surface area contributed by atoms with E-state index in [0.29, 0.717) is 0 Å². The van der Waals surface area contributed by atoms with E-state index in [1.807, 2.05) is 97.1 Å². The molecular formula is C58H47N3O7S2. The lowest BCUT2D eigenvalue weighted by Gasteiger charge is -2.36. The monoisotopic (exact) mass is 961 g/mol. The fraction of sp³-hybridized carbons (Fsp3) is 0.0690. The van der Waals surface area contributed by atoms with E-state index in [1.54, 1.807) is 52.3 Å². The second-order valence-corrected chi connectivity index (χ2v) is 18.8. The van der Waals surface area contributed by atoms with Crippen LogP contribution in [0.15, 0.2) is 221 Å². The van der Waals surface area contributed by atoms with Crippen LogP contribution >= 0.6 is 11.8 Å². The number of hydrogen-bond donors (Lipinski definition) is 1. The van der Waals surface area contributed by atoms with Crippen molar-refractivity contribution in [2.24, 2.45) is 0 Å². The quantitative estimate of drug-likeness (QED) is 0.105. The number of hydrogen-bond acceptors (Lipinski definition) is 10. The molecule has 0 saturated carbocycles. The summed E-state index contributed by atoms with van der Waals surface area (Å²) in [5.41, 5.74) is 12.2. The van der Waals surface area contributed by atoms with Crippen LogP contribution in [-0.2, 0) is 10.1 Å². The summed E-state index contributed by atoms with van der Waals surface area (Å²) < 4.78 is 56.6. The Bertz CT molecular complexity index is 3100. The normalized spacial score (nSPS) is 11.8. The molecule has 10 rings (SSSR count). The number of anilines is 9. The first kappa shape index (κ1) is 45.6. The van der Waals surface area contributed by atoms with Gasteiger partial charge in [-0.05, 0) is 169 Å². The molecule has 0 aromatic heterocycles. The van der Waals surface area contributed by atoms with Crippen molar-refractivity contribution in [3.8, 4) is 45.3 Å². The molecule has 0 aliphatic carbocycles. The Morgan fingerprint density at radius 1 is 0.400 bits per heavy atom. The van der Waals surface area contributed by atoms with Crippen LogP contribution in [0.3, 0.4) is 0 Å². The molecule has 12 heteroatoms. The largest absolute Gasteiger partial charge is 0.497 e. The summed E-state index contributed by atoms with van der Waals surface area (Å²) in [6.07, 6.45) is 0. The van der Waals surface area contributed by atoms with Gasteiger partial charge in [0.25, 0.3) is 10.1 Å². The lowest BCUT2D eigenvalue weighted by atomic mass is 9.97. The van der Waals surface area contributed by atoms with Gasteiger partial charge in [-0.25, -0.2) is 0 Å². The van der Waals surface area contributed by atoms with E-state index in [9.17, 15) is 13.0 Å². The Labute approximate surface area is 412 Å². The van der Waals surface area contributed by atoms with Crippen LogP contribution in [0.1, 0.15) is 0 Å². The predicted octanol–water partition coefficient (Wildman–Crippen LogP) is 15.2. The van der Waals surface area contributed by atoms with Crippen molar-refractivity contribution in [3.05, 3.63) is 206 Å². The zero-order valence-electron chi connectivity index (χ0n) is 38.7. The van der Waals surface area contributed by atoms with Gasteiger partial charge in [-0.1, -0.05) is 60.3 Å². The highest BCUT2D eigenvalue weighted by Gasteiger charge is 2.31. The molecule has 0 unspecified atom stereocenters. The van der Waals surface area contributed by atoms with Gasteiger partial charge in [0.05, 0.1) is 44.7 Å². The third kappa shape index (κ3) is 8.99. The molecule has 0 fully saturated rings. The van der Waals surface area contributed by atoms with Crippen molar-refractivity contribution in [3.63, 3.8) is 0 Å². The highest BCUT2D eigenvalue weighted by molar-refractivity contribution is 7.99. The molecule has 10 nitrogen and oxygen atoms in total. The van der Waals surface area contributed by atoms with E-state index in [4.69, 9.17) is 18.9 Å². The topological polar surface area (TPSA) is 101 Å². The molecule has 0 spiro atoms. The zero-order chi connectivity index (χ0) is 48.4. The molecule has 0 amide bonds. The van der Waals surface area contributed by atoms with E-state index in [2.05, 4.69) is 99.6 Å². The third-order valence-corrected chi connectivity index (χ3v) is 14.2. The lowest BCUT2D eigenvalue weighted by molar-refractivity contribution is 0.414. The SMILES string of the molecule is COc1ccc(N(c2ccc(OC)cc2)c2ccc(-c3cccc4c3N(c3ccc(S(=O)(=O)O)cc3)c3c(cccc3-c3ccc(N(c5ccc(OC)cc5)c5ccc(OC)cc5)cc3)S4)cc2)cc1. The average Bonchev–Trinajstić information content (AvgIpc) is 3.41. The Hall–Kier alpha value is -8.16. The molecule has 0 saturated heterocycles. The Morgan fingerprint density at radius 3 is 0.986 bits per heavy atom. The molecule has 0 atom stereocenters. The van der Waals surface area contributed by atoms with Crippen molar-refractivity contribution in [2.75, 3.05) is 43.1 Å². The van der Waals surface area contributed by atoms with Crippen LogP contribution in [0, 0.1) is 0 Å². The van der Waals surface area contributed by atoms with Crippen LogP contribution in [0.2, 0.25) is 0 Å². The van der Waals surface area contributed by atoms with Crippen molar-refractivity contribution < 1.29 is 31.9 Å². The molecular weight excluding hydrogens is 915 g/mol. The molecule has 1 heterocycles. The Morgan fingerprint density at radius 2 is 0.700 bits per heavy atom. The van der Waals surface area contributed by atoms with E-state index >= 15 is 0 Å². The maximum absolute atomic E-state index is 12.3. The van der Waals surface area contributed by atoms with Crippen LogP contribution in [0.25, 0.3) is 22.3 Å². The van der Waals surface area contributed by atoms with E-state index in [-0.39, 0.29) is 4.90 Å². The molecule has 9 aromatic rings. The number of nitrogens with zero attached hydrogens (tertiary/aromatic N) is 3. The van der Waals surface area contributed by atoms with Gasteiger partial charge in [0.2, 0.25) is 0 Å². The Kier molecular flexibility index (Phi) is 12.7. The maximum Gasteiger partial charge on any atom is 0.294 e. The zero-order valence-corrected chi connectivity index (χ0v) is 40.3. The molecule has 0 radical (unpaired) electrons. The van der Waals surface area contributed by atoms with Crippen molar-refractivity contribution in [1.82, 2.24) is 0 Å². The minimum atomic E-state index is -4.45. The summed E-state index contributed by atoms with van der Waals surface area (Å²) in [6.45, 7) is 0. The van der Waals surface area contributed by atoms with Crippen molar-refractivity contribution in [2.45, 2.75) is 14.7 Å². The minimum absolute atomic E-state index is 0.188. The first-order valence-corrected chi connectivity index (χ1v) is 24.6. The summed E-state index contributed by atoms with van der Waals surface area (Å²) in [4.78, 5) is 8.43. The molecule has 1 aliphatic heterocycles. The molecule has 348 valence electrons. The van der Waals surface area contributed by atoms with Gasteiger partial charge in [0, 0.05) is 60.7 Å². The first-order chi connectivity index (χ1) is 34.1. The van der Waals surface area contributed by atoms with Gasteiger partial charge in [-0.2, -0.15) is 8.42 Å². The Balaban J connectivity index is 1.08. The van der Waals surface area contributed by atoms with Crippen molar-refractivity contribution in [1.29, 1.82) is 0 Å². The molecule has 0 bridgehead atoms. The maximum atomic E-state index is 12.3. The number of benzene rings is 9. The number of para-hydroxylation sites is 2. The molecule has 1 N–H and O–H groups in total. The highest BCUT2D eigenvalue weighted by Crippen LogP contribution is 2.57. The highest BCUT2D eigenvalue weighted by atomic mass is 32.2. The number of fused-ring (bicyclic) bond motifs is 2. The smallest absolute Gasteiger partial charge is 0.294 e. The summed E-state index contributed by atoms with van der Waals surface area (Å²) in [7, 11) is 2.19. The van der Waals surface area contributed by atoms with E-state index < -0.39 is 10.1 Å². The van der Waals surface area contributed by atoms with Crippen LogP contribution in [0.4, 0.5) is 51.2 Å². The second-order valence-electron chi connectivity index (χ2n) is 16.3. The molecule has 1 aliphatic rings. The molecule has 9 aromatic carbocycles. The van der Waals surface area contributed by atoms with Gasteiger partial charge < -0.3 is 33.6 Å². The van der Waals surface area contributed by atoms with Gasteiger partial charge in [-0.3, -0.25) is 4.55 Å². The number of methoxy groups -OCH3 is 4. The van der Waals surface area contributed by atoms with Crippen LogP contribution < -0.4 is 33.6 Å². The summed E-state index contributed by atoms with van der Waals surface area (Å²) >= 11 is 1.69. The lowest BCUT2D eigenvalue weighted by Crippen LogP contribution is -2.17. The predicted molar refractivity (Wildman–Crippen MR) is 282 cm³/mol. The van der Waals surface area contributed by atoms with E-state index in [0.717, 1.165) is 106 Å². The first-order valence-electron chi connectivity index (χ1n) is 22.3. The minimum Gasteiger partial charge on any atom is -0.497 e. The fourth-order valence-electron chi connectivity index (χ4n) is 8.79. The average molecular weight is 962 g/mol. The number of rotatable bonds is 14. The third-order valence-electron chi connectivity index (χ3n) is 12.3. The van der Waals surface area contributed by atoms with Crippen molar-refractivity contribution >= 4 is 73.1 Å². The van der Waals surface area contributed by atoms with Gasteiger partial charge in [0.1, 0.15) is 23.0 Å².